The first-order valence-corrected chi connectivity index (χ1v) is 14.8. The van der Waals surface area contributed by atoms with E-state index in [0.29, 0.717) is 54.2 Å². The summed E-state index contributed by atoms with van der Waals surface area (Å²) in [6.45, 7) is 1.84. The molecule has 3 N–H and O–H groups in total. The molecule has 1 aromatic heterocycles. The first kappa shape index (κ1) is 30.0. The van der Waals surface area contributed by atoms with E-state index in [0.717, 1.165) is 4.88 Å². The van der Waals surface area contributed by atoms with Crippen LogP contribution >= 0.6 is 11.3 Å². The zero-order valence-electron chi connectivity index (χ0n) is 23.6. The van der Waals surface area contributed by atoms with Gasteiger partial charge in [-0.2, -0.15) is 5.26 Å². The molecule has 1 fully saturated rings. The third-order valence-corrected chi connectivity index (χ3v) is 8.27. The van der Waals surface area contributed by atoms with E-state index >= 15 is 0 Å². The van der Waals surface area contributed by atoms with Gasteiger partial charge in [0.2, 0.25) is 0 Å². The first-order valence-electron chi connectivity index (χ1n) is 13.9. The molecule has 11 heteroatoms. The molecule has 0 radical (unpaired) electrons. The third kappa shape index (κ3) is 7.11. The lowest BCUT2D eigenvalue weighted by molar-refractivity contribution is -0.137. The van der Waals surface area contributed by atoms with Gasteiger partial charge in [-0.1, -0.05) is 24.3 Å². The summed E-state index contributed by atoms with van der Waals surface area (Å²) in [5.41, 5.74) is 2.81. The average Bonchev–Trinajstić information content (AvgIpc) is 3.60. The van der Waals surface area contributed by atoms with Crippen LogP contribution in [0.15, 0.2) is 90.3 Å². The van der Waals surface area contributed by atoms with Gasteiger partial charge in [0, 0.05) is 47.7 Å². The van der Waals surface area contributed by atoms with Crippen LogP contribution < -0.4 is 15.5 Å². The molecule has 1 unspecified atom stereocenters. The Kier molecular flexibility index (Phi) is 9.32. The molecular weight excluding hydrogens is 578 g/mol. The molecular formula is C33H29N5O5S. The second-order valence-corrected chi connectivity index (χ2v) is 11.1. The Labute approximate surface area is 258 Å². The summed E-state index contributed by atoms with van der Waals surface area (Å²) in [6.07, 6.45) is -0.270. The van der Waals surface area contributed by atoms with Gasteiger partial charge >= 0.3 is 5.97 Å². The normalized spacial score (nSPS) is 13.4. The van der Waals surface area contributed by atoms with Gasteiger partial charge in [-0.25, -0.2) is 0 Å². The van der Waals surface area contributed by atoms with E-state index in [9.17, 15) is 24.3 Å². The lowest BCUT2D eigenvalue weighted by Crippen LogP contribution is -2.49. The maximum Gasteiger partial charge on any atom is 0.305 e. The number of benzene rings is 3. The number of anilines is 2. The van der Waals surface area contributed by atoms with E-state index in [1.54, 1.807) is 83.8 Å². The Bertz CT molecular complexity index is 1690. The van der Waals surface area contributed by atoms with Crippen molar-refractivity contribution in [2.45, 2.75) is 12.5 Å². The van der Waals surface area contributed by atoms with Crippen molar-refractivity contribution in [1.29, 1.82) is 5.26 Å². The number of nitrogens with one attached hydrogen (secondary N) is 2. The number of hydrogen-bond acceptors (Lipinski definition) is 7. The molecule has 0 bridgehead atoms. The number of piperazine rings is 1. The Morgan fingerprint density at radius 1 is 0.841 bits per heavy atom. The van der Waals surface area contributed by atoms with E-state index in [4.69, 9.17) is 5.26 Å². The zero-order chi connectivity index (χ0) is 31.1. The van der Waals surface area contributed by atoms with Crippen LogP contribution in [0, 0.1) is 11.3 Å². The summed E-state index contributed by atoms with van der Waals surface area (Å²) >= 11 is 1.36. The fraction of sp³-hybridized carbons (Fsp3) is 0.182. The minimum Gasteiger partial charge on any atom is -0.481 e. The standard InChI is InChI=1S/C33H29N5O5S/c34-21-22-8-10-24(11-9-22)33(43)38-16-14-37(15-17-38)28-13-12-25(19-26(28)35-31(41)23-5-2-1-3-6-23)32(42)36-27(20-30(39)40)29-7-4-18-44-29/h1-13,18-19,27H,14-17,20H2,(H,35,41)(H,36,42)(H,39,40). The lowest BCUT2D eigenvalue weighted by Gasteiger charge is -2.37. The van der Waals surface area contributed by atoms with E-state index in [2.05, 4.69) is 10.6 Å². The highest BCUT2D eigenvalue weighted by Crippen LogP contribution is 2.30. The fourth-order valence-electron chi connectivity index (χ4n) is 4.99. The van der Waals surface area contributed by atoms with Gasteiger partial charge < -0.3 is 25.5 Å². The zero-order valence-corrected chi connectivity index (χ0v) is 24.4. The van der Waals surface area contributed by atoms with Gasteiger partial charge in [0.25, 0.3) is 17.7 Å². The van der Waals surface area contributed by atoms with Gasteiger partial charge in [0.15, 0.2) is 0 Å². The fourth-order valence-corrected chi connectivity index (χ4v) is 5.76. The van der Waals surface area contributed by atoms with E-state index in [1.807, 2.05) is 22.4 Å². The smallest absolute Gasteiger partial charge is 0.305 e. The molecule has 0 aliphatic carbocycles. The monoisotopic (exact) mass is 607 g/mol. The predicted molar refractivity (Wildman–Crippen MR) is 167 cm³/mol. The summed E-state index contributed by atoms with van der Waals surface area (Å²) in [5, 5.41) is 26.0. The summed E-state index contributed by atoms with van der Waals surface area (Å²) in [7, 11) is 0. The van der Waals surface area contributed by atoms with Crippen LogP contribution in [-0.4, -0.2) is 59.9 Å². The molecule has 2 heterocycles. The van der Waals surface area contributed by atoms with Crippen molar-refractivity contribution in [2.24, 2.45) is 0 Å². The number of carboxylic acid groups (broad SMARTS) is 1. The SMILES string of the molecule is N#Cc1ccc(C(=O)N2CCN(c3ccc(C(=O)NC(CC(=O)O)c4cccs4)cc3NC(=O)c3ccccc3)CC2)cc1. The molecule has 0 spiro atoms. The maximum absolute atomic E-state index is 13.3. The summed E-state index contributed by atoms with van der Waals surface area (Å²) in [5.74, 6) is -1.97. The van der Waals surface area contributed by atoms with Gasteiger partial charge in [0.1, 0.15) is 0 Å². The highest BCUT2D eigenvalue weighted by atomic mass is 32.1. The molecule has 5 rings (SSSR count). The summed E-state index contributed by atoms with van der Waals surface area (Å²) in [6, 6.07) is 25.2. The minimum absolute atomic E-state index is 0.125. The predicted octanol–water partition coefficient (Wildman–Crippen LogP) is 4.78. The molecule has 3 aromatic carbocycles. The number of carbonyl (C=O) groups excluding carboxylic acids is 3. The van der Waals surface area contributed by atoms with Crippen LogP contribution in [0.4, 0.5) is 11.4 Å². The Balaban J connectivity index is 1.36. The molecule has 1 saturated heterocycles. The number of carboxylic acids is 1. The largest absolute Gasteiger partial charge is 0.481 e. The van der Waals surface area contributed by atoms with Crippen LogP contribution in [-0.2, 0) is 4.79 Å². The molecule has 1 aliphatic heterocycles. The molecule has 44 heavy (non-hydrogen) atoms. The van der Waals surface area contributed by atoms with Gasteiger partial charge in [-0.3, -0.25) is 19.2 Å². The van der Waals surface area contributed by atoms with Gasteiger partial charge in [0.05, 0.1) is 35.5 Å². The minimum atomic E-state index is -1.04. The van der Waals surface area contributed by atoms with Crippen molar-refractivity contribution in [3.63, 3.8) is 0 Å². The van der Waals surface area contributed by atoms with Gasteiger partial charge in [-0.15, -0.1) is 11.3 Å². The second kappa shape index (κ2) is 13.7. The second-order valence-electron chi connectivity index (χ2n) is 10.2. The number of carbonyl (C=O) groups is 4. The van der Waals surface area contributed by atoms with Crippen molar-refractivity contribution in [1.82, 2.24) is 10.2 Å². The van der Waals surface area contributed by atoms with E-state index in [1.165, 1.54) is 11.3 Å². The Morgan fingerprint density at radius 2 is 1.55 bits per heavy atom. The van der Waals surface area contributed by atoms with E-state index < -0.39 is 17.9 Å². The van der Waals surface area contributed by atoms with Gasteiger partial charge in [-0.05, 0) is 66.0 Å². The number of amides is 3. The van der Waals surface area contributed by atoms with Crippen LogP contribution in [0.3, 0.4) is 0 Å². The molecule has 0 saturated carbocycles. The highest BCUT2D eigenvalue weighted by Gasteiger charge is 2.26. The number of nitrogens with zero attached hydrogens (tertiary/aromatic N) is 3. The number of aliphatic carboxylic acids is 1. The summed E-state index contributed by atoms with van der Waals surface area (Å²) < 4.78 is 0. The maximum atomic E-state index is 13.3. The van der Waals surface area contributed by atoms with Crippen molar-refractivity contribution in [3.05, 3.63) is 117 Å². The Hall–Kier alpha value is -5.47. The molecule has 4 aromatic rings. The van der Waals surface area contributed by atoms with Crippen molar-refractivity contribution >= 4 is 46.4 Å². The average molecular weight is 608 g/mol. The van der Waals surface area contributed by atoms with Crippen LogP contribution in [0.1, 0.15) is 54.0 Å². The molecule has 3 amide bonds. The quantitative estimate of drug-likeness (QED) is 0.249. The topological polar surface area (TPSA) is 143 Å². The number of hydrogen-bond donors (Lipinski definition) is 3. The van der Waals surface area contributed by atoms with Crippen molar-refractivity contribution < 1.29 is 24.3 Å². The number of thiophene rings is 1. The number of rotatable bonds is 9. The van der Waals surface area contributed by atoms with Crippen LogP contribution in [0.2, 0.25) is 0 Å². The first-order chi connectivity index (χ1) is 21.3. The summed E-state index contributed by atoms with van der Waals surface area (Å²) in [4.78, 5) is 55.6. The molecule has 1 atom stereocenters. The van der Waals surface area contributed by atoms with E-state index in [-0.39, 0.29) is 23.8 Å². The van der Waals surface area contributed by atoms with Crippen LogP contribution in [0.25, 0.3) is 0 Å². The number of nitriles is 1. The third-order valence-electron chi connectivity index (χ3n) is 7.28. The van der Waals surface area contributed by atoms with Crippen molar-refractivity contribution in [2.75, 3.05) is 36.4 Å². The molecule has 1 aliphatic rings. The lowest BCUT2D eigenvalue weighted by atomic mass is 10.1. The van der Waals surface area contributed by atoms with Crippen LogP contribution in [0.5, 0.6) is 0 Å². The molecule has 222 valence electrons. The van der Waals surface area contributed by atoms with Crippen molar-refractivity contribution in [3.8, 4) is 6.07 Å². The highest BCUT2D eigenvalue weighted by molar-refractivity contribution is 7.10. The Morgan fingerprint density at radius 3 is 2.18 bits per heavy atom. The molecule has 10 nitrogen and oxygen atoms in total.